The maximum absolute atomic E-state index is 9.61. The van der Waals surface area contributed by atoms with Crippen LogP contribution in [0.3, 0.4) is 0 Å². The molecule has 2 N–H and O–H groups in total. The number of hydrogen-bond acceptors (Lipinski definition) is 4. The Morgan fingerprint density at radius 3 is 3.05 bits per heavy atom. The number of thiazole rings is 1. The van der Waals surface area contributed by atoms with Crippen LogP contribution in [-0.4, -0.2) is 10.1 Å². The number of phenols is 1. The molecule has 1 aliphatic rings. The molecule has 1 aromatic carbocycles. The average molecular weight is 288 g/mol. The fraction of sp³-hybridized carbons (Fsp3) is 0.438. The maximum Gasteiger partial charge on any atom is 0.115 e. The zero-order chi connectivity index (χ0) is 14.1. The van der Waals surface area contributed by atoms with E-state index in [0.717, 1.165) is 24.3 Å². The first-order chi connectivity index (χ1) is 9.63. The van der Waals surface area contributed by atoms with E-state index in [2.05, 4.69) is 30.2 Å². The second-order valence-corrected chi connectivity index (χ2v) is 6.79. The zero-order valence-electron chi connectivity index (χ0n) is 11.9. The van der Waals surface area contributed by atoms with E-state index in [1.54, 1.807) is 17.4 Å². The highest BCUT2D eigenvalue weighted by Gasteiger charge is 2.23. The predicted octanol–water partition coefficient (Wildman–Crippen LogP) is 3.89. The number of aryl methyl sites for hydroxylation is 2. The first-order valence-corrected chi connectivity index (χ1v) is 7.95. The molecule has 0 spiro atoms. The summed E-state index contributed by atoms with van der Waals surface area (Å²) in [6.45, 7) is 4.26. The third-order valence-electron chi connectivity index (χ3n) is 3.90. The van der Waals surface area contributed by atoms with Crippen molar-refractivity contribution in [3.63, 3.8) is 0 Å². The topological polar surface area (TPSA) is 45.2 Å². The molecule has 0 fully saturated rings. The smallest absolute Gasteiger partial charge is 0.115 e. The van der Waals surface area contributed by atoms with Crippen LogP contribution in [0, 0.1) is 6.92 Å². The summed E-state index contributed by atoms with van der Waals surface area (Å²) in [4.78, 5) is 5.72. The molecule has 0 saturated carbocycles. The SMILES string of the molecule is Cc1cnc(C(C)NC2CCCc3cc(O)ccc32)s1. The van der Waals surface area contributed by atoms with Crippen molar-refractivity contribution in [2.75, 3.05) is 0 Å². The van der Waals surface area contributed by atoms with Crippen molar-refractivity contribution in [1.29, 1.82) is 0 Å². The Labute approximate surface area is 123 Å². The van der Waals surface area contributed by atoms with Gasteiger partial charge < -0.3 is 10.4 Å². The Hall–Kier alpha value is -1.39. The van der Waals surface area contributed by atoms with E-state index in [1.165, 1.54) is 16.0 Å². The average Bonchev–Trinajstić information content (AvgIpc) is 2.85. The van der Waals surface area contributed by atoms with Crippen molar-refractivity contribution >= 4 is 11.3 Å². The van der Waals surface area contributed by atoms with Gasteiger partial charge in [-0.2, -0.15) is 0 Å². The van der Waals surface area contributed by atoms with E-state index in [4.69, 9.17) is 0 Å². The summed E-state index contributed by atoms with van der Waals surface area (Å²) in [5, 5.41) is 14.4. The summed E-state index contributed by atoms with van der Waals surface area (Å²) >= 11 is 1.75. The van der Waals surface area contributed by atoms with Crippen molar-refractivity contribution in [3.05, 3.63) is 45.4 Å². The molecule has 2 unspecified atom stereocenters. The van der Waals surface area contributed by atoms with Crippen LogP contribution in [0.1, 0.15) is 52.9 Å². The van der Waals surface area contributed by atoms with Gasteiger partial charge in [0, 0.05) is 17.1 Å². The molecular formula is C16H20N2OS. The number of benzene rings is 1. The number of rotatable bonds is 3. The lowest BCUT2D eigenvalue weighted by Crippen LogP contribution is -2.27. The molecule has 2 atom stereocenters. The Morgan fingerprint density at radius 2 is 2.30 bits per heavy atom. The van der Waals surface area contributed by atoms with Gasteiger partial charge in [-0.1, -0.05) is 6.07 Å². The molecule has 0 amide bonds. The highest BCUT2D eigenvalue weighted by atomic mass is 32.1. The van der Waals surface area contributed by atoms with Gasteiger partial charge in [-0.05, 0) is 56.4 Å². The Morgan fingerprint density at radius 1 is 1.45 bits per heavy atom. The molecule has 0 aliphatic heterocycles. The zero-order valence-corrected chi connectivity index (χ0v) is 12.7. The molecule has 0 saturated heterocycles. The Kier molecular flexibility index (Phi) is 3.76. The maximum atomic E-state index is 9.61. The lowest BCUT2D eigenvalue weighted by Gasteiger charge is -2.28. The molecule has 2 aromatic rings. The van der Waals surface area contributed by atoms with E-state index in [-0.39, 0.29) is 6.04 Å². The molecule has 3 nitrogen and oxygen atoms in total. The van der Waals surface area contributed by atoms with E-state index in [9.17, 15) is 5.11 Å². The number of nitrogens with zero attached hydrogens (tertiary/aromatic N) is 1. The van der Waals surface area contributed by atoms with Crippen LogP contribution in [0.15, 0.2) is 24.4 Å². The first kappa shape index (κ1) is 13.6. The van der Waals surface area contributed by atoms with Crippen LogP contribution in [-0.2, 0) is 6.42 Å². The van der Waals surface area contributed by atoms with Gasteiger partial charge >= 0.3 is 0 Å². The van der Waals surface area contributed by atoms with Gasteiger partial charge in [-0.25, -0.2) is 4.98 Å². The van der Waals surface area contributed by atoms with Gasteiger partial charge in [0.05, 0.1) is 6.04 Å². The van der Waals surface area contributed by atoms with Crippen LogP contribution >= 0.6 is 11.3 Å². The number of nitrogens with one attached hydrogen (secondary N) is 1. The predicted molar refractivity (Wildman–Crippen MR) is 82.2 cm³/mol. The summed E-state index contributed by atoms with van der Waals surface area (Å²) in [6.07, 6.45) is 5.31. The third kappa shape index (κ3) is 2.72. The van der Waals surface area contributed by atoms with Crippen molar-refractivity contribution in [3.8, 4) is 5.75 Å². The highest BCUT2D eigenvalue weighted by molar-refractivity contribution is 7.11. The molecule has 20 heavy (non-hydrogen) atoms. The van der Waals surface area contributed by atoms with Crippen LogP contribution < -0.4 is 5.32 Å². The van der Waals surface area contributed by atoms with Gasteiger partial charge in [0.2, 0.25) is 0 Å². The molecule has 4 heteroatoms. The summed E-state index contributed by atoms with van der Waals surface area (Å²) in [7, 11) is 0. The van der Waals surface area contributed by atoms with E-state index < -0.39 is 0 Å². The standard InChI is InChI=1S/C16H20N2OS/c1-10-9-17-16(20-10)11(2)18-15-5-3-4-12-8-13(19)6-7-14(12)15/h6-9,11,15,18-19H,3-5H2,1-2H3. The van der Waals surface area contributed by atoms with Crippen LogP contribution in [0.5, 0.6) is 5.75 Å². The summed E-state index contributed by atoms with van der Waals surface area (Å²) in [5.74, 6) is 0.369. The lowest BCUT2D eigenvalue weighted by molar-refractivity contribution is 0.412. The quantitative estimate of drug-likeness (QED) is 0.900. The molecule has 1 aromatic heterocycles. The molecule has 1 heterocycles. The number of hydrogen-bond donors (Lipinski definition) is 2. The lowest BCUT2D eigenvalue weighted by atomic mass is 9.87. The Bertz CT molecular complexity index is 608. The molecular weight excluding hydrogens is 268 g/mol. The monoisotopic (exact) mass is 288 g/mol. The molecule has 106 valence electrons. The van der Waals surface area contributed by atoms with Crippen molar-refractivity contribution in [2.24, 2.45) is 0 Å². The van der Waals surface area contributed by atoms with E-state index in [1.807, 2.05) is 12.3 Å². The van der Waals surface area contributed by atoms with Crippen molar-refractivity contribution in [1.82, 2.24) is 10.3 Å². The molecule has 0 radical (unpaired) electrons. The fourth-order valence-electron chi connectivity index (χ4n) is 2.92. The second-order valence-electron chi connectivity index (χ2n) is 5.53. The number of fused-ring (bicyclic) bond motifs is 1. The summed E-state index contributed by atoms with van der Waals surface area (Å²) in [5.41, 5.74) is 2.60. The van der Waals surface area contributed by atoms with E-state index >= 15 is 0 Å². The second kappa shape index (κ2) is 5.54. The normalized spacial score (nSPS) is 19.6. The van der Waals surface area contributed by atoms with Crippen LogP contribution in [0.4, 0.5) is 0 Å². The van der Waals surface area contributed by atoms with Crippen LogP contribution in [0.2, 0.25) is 0 Å². The minimum atomic E-state index is 0.262. The summed E-state index contributed by atoms with van der Waals surface area (Å²) in [6, 6.07) is 6.37. The highest BCUT2D eigenvalue weighted by Crippen LogP contribution is 2.34. The van der Waals surface area contributed by atoms with E-state index in [0.29, 0.717) is 11.8 Å². The summed E-state index contributed by atoms with van der Waals surface area (Å²) < 4.78 is 0. The van der Waals surface area contributed by atoms with Gasteiger partial charge in [-0.3, -0.25) is 0 Å². The largest absolute Gasteiger partial charge is 0.508 e. The van der Waals surface area contributed by atoms with Crippen molar-refractivity contribution < 1.29 is 5.11 Å². The minimum absolute atomic E-state index is 0.262. The number of aromatic nitrogens is 1. The van der Waals surface area contributed by atoms with Gasteiger partial charge in [0.1, 0.15) is 10.8 Å². The van der Waals surface area contributed by atoms with Gasteiger partial charge in [-0.15, -0.1) is 11.3 Å². The van der Waals surface area contributed by atoms with Crippen molar-refractivity contribution in [2.45, 2.75) is 45.2 Å². The molecule has 1 aliphatic carbocycles. The molecule has 0 bridgehead atoms. The first-order valence-electron chi connectivity index (χ1n) is 7.13. The minimum Gasteiger partial charge on any atom is -0.508 e. The fourth-order valence-corrected chi connectivity index (χ4v) is 3.70. The Balaban J connectivity index is 1.79. The van der Waals surface area contributed by atoms with Gasteiger partial charge in [0.25, 0.3) is 0 Å². The molecule has 3 rings (SSSR count). The number of phenolic OH excluding ortho intramolecular Hbond substituents is 1. The third-order valence-corrected chi connectivity index (χ3v) is 5.00. The van der Waals surface area contributed by atoms with Crippen LogP contribution in [0.25, 0.3) is 0 Å². The number of aromatic hydroxyl groups is 1. The van der Waals surface area contributed by atoms with Gasteiger partial charge in [0.15, 0.2) is 0 Å².